The summed E-state index contributed by atoms with van der Waals surface area (Å²) in [6, 6.07) is 5.64. The smallest absolute Gasteiger partial charge is 0.416 e. The first kappa shape index (κ1) is 23.6. The summed E-state index contributed by atoms with van der Waals surface area (Å²) in [6.07, 6.45) is -4.77. The van der Waals surface area contributed by atoms with Gasteiger partial charge >= 0.3 is 12.1 Å². The summed E-state index contributed by atoms with van der Waals surface area (Å²) < 4.78 is 71.0. The van der Waals surface area contributed by atoms with Gasteiger partial charge in [0, 0.05) is 5.02 Å². The van der Waals surface area contributed by atoms with Crippen molar-refractivity contribution in [1.29, 1.82) is 0 Å². The van der Waals surface area contributed by atoms with Crippen LogP contribution in [0.5, 0.6) is 0 Å². The topological polar surface area (TPSA) is 63.7 Å². The van der Waals surface area contributed by atoms with Crippen molar-refractivity contribution in [2.75, 3.05) is 17.5 Å². The summed E-state index contributed by atoms with van der Waals surface area (Å²) >= 11 is 17.8. The lowest BCUT2D eigenvalue weighted by molar-refractivity contribution is -0.141. The third-order valence-electron chi connectivity index (χ3n) is 3.58. The largest absolute Gasteiger partial charge is 0.465 e. The van der Waals surface area contributed by atoms with Gasteiger partial charge in [0.25, 0.3) is 10.0 Å². The fourth-order valence-electron chi connectivity index (χ4n) is 2.30. The first-order valence-electron chi connectivity index (χ1n) is 7.88. The van der Waals surface area contributed by atoms with Crippen LogP contribution >= 0.6 is 34.8 Å². The molecule has 0 saturated carbocycles. The second-order valence-electron chi connectivity index (χ2n) is 5.56. The van der Waals surface area contributed by atoms with Crippen LogP contribution in [0.1, 0.15) is 12.5 Å². The van der Waals surface area contributed by atoms with Crippen LogP contribution in [0.3, 0.4) is 0 Å². The number of nitrogens with zero attached hydrogens (tertiary/aromatic N) is 1. The van der Waals surface area contributed by atoms with E-state index in [-0.39, 0.29) is 21.7 Å². The van der Waals surface area contributed by atoms with Crippen LogP contribution in [-0.2, 0) is 25.7 Å². The number of sulfonamides is 1. The Kier molecular flexibility index (Phi) is 7.32. The van der Waals surface area contributed by atoms with E-state index in [9.17, 15) is 26.4 Å². The van der Waals surface area contributed by atoms with Gasteiger partial charge in [-0.25, -0.2) is 8.42 Å². The Morgan fingerprint density at radius 1 is 1.07 bits per heavy atom. The second kappa shape index (κ2) is 8.99. The van der Waals surface area contributed by atoms with Gasteiger partial charge in [0.1, 0.15) is 11.4 Å². The minimum atomic E-state index is -4.77. The number of hydrogen-bond acceptors (Lipinski definition) is 4. The van der Waals surface area contributed by atoms with Crippen LogP contribution in [0.4, 0.5) is 18.9 Å². The van der Waals surface area contributed by atoms with Gasteiger partial charge in [-0.15, -0.1) is 0 Å². The van der Waals surface area contributed by atoms with E-state index in [1.807, 2.05) is 0 Å². The summed E-state index contributed by atoms with van der Waals surface area (Å²) in [6.45, 7) is 0.489. The van der Waals surface area contributed by atoms with E-state index >= 15 is 0 Å². The first-order valence-corrected chi connectivity index (χ1v) is 10.5. The van der Waals surface area contributed by atoms with Crippen LogP contribution in [0.2, 0.25) is 15.1 Å². The monoisotopic (exact) mass is 489 g/mol. The van der Waals surface area contributed by atoms with Gasteiger partial charge in [-0.2, -0.15) is 13.2 Å². The highest BCUT2D eigenvalue weighted by atomic mass is 35.5. The lowest BCUT2D eigenvalue weighted by atomic mass is 10.2. The number of carbonyl (C=O) groups is 1. The molecule has 0 amide bonds. The van der Waals surface area contributed by atoms with Crippen molar-refractivity contribution in [3.05, 3.63) is 57.0 Å². The molecular formula is C17H13Cl3F3NO4S. The molecule has 0 radical (unpaired) electrons. The van der Waals surface area contributed by atoms with Gasteiger partial charge in [-0.1, -0.05) is 34.8 Å². The average Bonchev–Trinajstić information content (AvgIpc) is 2.61. The van der Waals surface area contributed by atoms with Gasteiger partial charge in [-0.3, -0.25) is 9.10 Å². The highest BCUT2D eigenvalue weighted by Gasteiger charge is 2.35. The van der Waals surface area contributed by atoms with Gasteiger partial charge < -0.3 is 4.74 Å². The molecule has 12 heteroatoms. The molecule has 0 unspecified atom stereocenters. The molecule has 0 saturated heterocycles. The second-order valence-corrected chi connectivity index (χ2v) is 8.64. The number of rotatable bonds is 6. The molecule has 0 atom stereocenters. The quantitative estimate of drug-likeness (QED) is 0.507. The molecule has 0 spiro atoms. The molecule has 2 aromatic rings. The highest BCUT2D eigenvalue weighted by molar-refractivity contribution is 7.93. The standard InChI is InChI=1S/C17H13Cl3F3NO4S/c1-2-28-16(25)9-24(14-7-10(17(21,22)23)3-5-12(14)19)29(26,27)15-8-11(18)4-6-13(15)20/h3-8H,2,9H2,1H3. The first-order chi connectivity index (χ1) is 13.4. The van der Waals surface area contributed by atoms with Crippen LogP contribution in [0.15, 0.2) is 41.3 Å². The van der Waals surface area contributed by atoms with E-state index in [2.05, 4.69) is 0 Å². The number of alkyl halides is 3. The van der Waals surface area contributed by atoms with Crippen molar-refractivity contribution in [3.8, 4) is 0 Å². The minimum absolute atomic E-state index is 0.0131. The predicted octanol–water partition coefficient (Wildman–Crippen LogP) is 5.42. The Morgan fingerprint density at radius 2 is 1.69 bits per heavy atom. The van der Waals surface area contributed by atoms with Crippen molar-refractivity contribution in [2.24, 2.45) is 0 Å². The molecule has 158 valence electrons. The van der Waals surface area contributed by atoms with Gasteiger partial charge in [0.05, 0.1) is 27.9 Å². The normalized spacial score (nSPS) is 12.0. The Balaban J connectivity index is 2.71. The molecule has 5 nitrogen and oxygen atoms in total. The van der Waals surface area contributed by atoms with Crippen LogP contribution in [-0.4, -0.2) is 27.5 Å². The van der Waals surface area contributed by atoms with E-state index in [0.717, 1.165) is 12.1 Å². The summed E-state index contributed by atoms with van der Waals surface area (Å²) in [5.74, 6) is -0.997. The van der Waals surface area contributed by atoms with E-state index in [1.54, 1.807) is 0 Å². The van der Waals surface area contributed by atoms with Crippen molar-refractivity contribution < 1.29 is 31.1 Å². The molecule has 2 aromatic carbocycles. The SMILES string of the molecule is CCOC(=O)CN(c1cc(C(F)(F)F)ccc1Cl)S(=O)(=O)c1cc(Cl)ccc1Cl. The predicted molar refractivity (Wildman–Crippen MR) is 104 cm³/mol. The number of ether oxygens (including phenoxy) is 1. The van der Waals surface area contributed by atoms with Crippen LogP contribution < -0.4 is 4.31 Å². The zero-order chi connectivity index (χ0) is 22.0. The number of carbonyl (C=O) groups excluding carboxylic acids is 1. The lowest BCUT2D eigenvalue weighted by Gasteiger charge is -2.25. The summed E-state index contributed by atoms with van der Waals surface area (Å²) in [7, 11) is -4.64. The fourth-order valence-corrected chi connectivity index (χ4v) is 4.73. The van der Waals surface area contributed by atoms with E-state index < -0.39 is 44.9 Å². The molecular weight excluding hydrogens is 478 g/mol. The Bertz CT molecular complexity index is 1030. The molecule has 29 heavy (non-hydrogen) atoms. The molecule has 0 aliphatic carbocycles. The third kappa shape index (κ3) is 5.48. The maximum atomic E-state index is 13.2. The number of hydrogen-bond donors (Lipinski definition) is 0. The van der Waals surface area contributed by atoms with Crippen molar-refractivity contribution in [2.45, 2.75) is 18.0 Å². The molecule has 2 rings (SSSR count). The Morgan fingerprint density at radius 3 is 2.28 bits per heavy atom. The van der Waals surface area contributed by atoms with Crippen molar-refractivity contribution in [3.63, 3.8) is 0 Å². The molecule has 0 N–H and O–H groups in total. The molecule has 0 fully saturated rings. The van der Waals surface area contributed by atoms with Crippen molar-refractivity contribution in [1.82, 2.24) is 0 Å². The Labute approximate surface area is 180 Å². The van der Waals surface area contributed by atoms with Crippen molar-refractivity contribution >= 4 is 56.5 Å². The van der Waals surface area contributed by atoms with Gasteiger partial charge in [0.2, 0.25) is 0 Å². The summed E-state index contributed by atoms with van der Waals surface area (Å²) in [4.78, 5) is 11.5. The molecule has 0 aliphatic heterocycles. The maximum Gasteiger partial charge on any atom is 0.416 e. The number of halogens is 6. The number of esters is 1. The molecule has 0 aliphatic rings. The zero-order valence-corrected chi connectivity index (χ0v) is 17.7. The lowest BCUT2D eigenvalue weighted by Crippen LogP contribution is -2.37. The van der Waals surface area contributed by atoms with E-state index in [0.29, 0.717) is 16.4 Å². The molecule has 0 aromatic heterocycles. The van der Waals surface area contributed by atoms with Gasteiger partial charge in [-0.05, 0) is 43.3 Å². The molecule has 0 bridgehead atoms. The van der Waals surface area contributed by atoms with Gasteiger partial charge in [0.15, 0.2) is 0 Å². The fraction of sp³-hybridized carbons (Fsp3) is 0.235. The average molecular weight is 491 g/mol. The van der Waals surface area contributed by atoms with E-state index in [4.69, 9.17) is 39.5 Å². The zero-order valence-electron chi connectivity index (χ0n) is 14.6. The highest BCUT2D eigenvalue weighted by Crippen LogP contribution is 2.38. The minimum Gasteiger partial charge on any atom is -0.465 e. The summed E-state index contributed by atoms with van der Waals surface area (Å²) in [5.41, 5.74) is -1.72. The maximum absolute atomic E-state index is 13.2. The van der Waals surface area contributed by atoms with Crippen LogP contribution in [0, 0.1) is 0 Å². The van der Waals surface area contributed by atoms with E-state index in [1.165, 1.54) is 19.1 Å². The molecule has 0 heterocycles. The number of benzene rings is 2. The van der Waals surface area contributed by atoms with Crippen LogP contribution in [0.25, 0.3) is 0 Å². The third-order valence-corrected chi connectivity index (χ3v) is 6.38. The Hall–Kier alpha value is -1.68. The number of anilines is 1. The summed E-state index contributed by atoms with van der Waals surface area (Å²) in [5, 5.41) is -0.561.